The number of halogens is 3. The normalized spacial score (nSPS) is 10.3. The molecule has 2 heterocycles. The van der Waals surface area contributed by atoms with E-state index in [9.17, 15) is 4.79 Å². The first-order valence-electron chi connectivity index (χ1n) is 4.44. The van der Waals surface area contributed by atoms with Gasteiger partial charge < -0.3 is 5.32 Å². The van der Waals surface area contributed by atoms with E-state index < -0.39 is 0 Å². The number of anilines is 1. The molecule has 0 spiro atoms. The predicted molar refractivity (Wildman–Crippen MR) is 84.6 cm³/mol. The molecule has 0 aliphatic carbocycles. The van der Waals surface area contributed by atoms with Crippen molar-refractivity contribution in [2.24, 2.45) is 0 Å². The van der Waals surface area contributed by atoms with Gasteiger partial charge in [-0.25, -0.2) is 4.98 Å². The summed E-state index contributed by atoms with van der Waals surface area (Å²) in [5.41, 5.74) is 0. The second-order valence-electron chi connectivity index (χ2n) is 3.05. The van der Waals surface area contributed by atoms with Crippen LogP contribution in [0.5, 0.6) is 0 Å². The van der Waals surface area contributed by atoms with E-state index in [1.807, 2.05) is 6.07 Å². The van der Waals surface area contributed by atoms with Gasteiger partial charge in [-0.3, -0.25) is 4.79 Å². The molecule has 0 atom stereocenters. The Balaban J connectivity index is 2.14. The van der Waals surface area contributed by atoms with E-state index in [1.54, 1.807) is 18.3 Å². The molecular formula is C10H5Br2IN2OS. The summed E-state index contributed by atoms with van der Waals surface area (Å²) in [6.45, 7) is 0. The highest BCUT2D eigenvalue weighted by molar-refractivity contribution is 14.1. The first-order chi connectivity index (χ1) is 8.06. The van der Waals surface area contributed by atoms with E-state index in [0.717, 1.165) is 11.8 Å². The number of hydrogen-bond donors (Lipinski definition) is 1. The molecule has 1 N–H and O–H groups in total. The summed E-state index contributed by atoms with van der Waals surface area (Å²) < 4.78 is 2.81. The maximum Gasteiger partial charge on any atom is 0.266 e. The van der Waals surface area contributed by atoms with E-state index in [1.165, 1.54) is 11.3 Å². The van der Waals surface area contributed by atoms with Crippen molar-refractivity contribution in [3.05, 3.63) is 41.1 Å². The Hall–Kier alpha value is 0.01000. The van der Waals surface area contributed by atoms with Crippen molar-refractivity contribution in [1.29, 1.82) is 0 Å². The molecule has 0 saturated carbocycles. The maximum atomic E-state index is 11.9. The first-order valence-corrected chi connectivity index (χ1v) is 7.92. The van der Waals surface area contributed by atoms with Crippen LogP contribution >= 0.6 is 65.8 Å². The lowest BCUT2D eigenvalue weighted by atomic mass is 10.4. The quantitative estimate of drug-likeness (QED) is 0.633. The Labute approximate surface area is 132 Å². The minimum absolute atomic E-state index is 0.157. The van der Waals surface area contributed by atoms with Gasteiger partial charge in [0.15, 0.2) is 0 Å². The molecule has 0 unspecified atom stereocenters. The molecule has 0 bridgehead atoms. The monoisotopic (exact) mass is 486 g/mol. The third kappa shape index (κ3) is 3.49. The van der Waals surface area contributed by atoms with Crippen molar-refractivity contribution < 1.29 is 4.79 Å². The van der Waals surface area contributed by atoms with Crippen LogP contribution in [0.25, 0.3) is 0 Å². The maximum absolute atomic E-state index is 11.9. The second kappa shape index (κ2) is 5.77. The molecule has 2 aromatic rings. The van der Waals surface area contributed by atoms with Crippen LogP contribution in [-0.4, -0.2) is 10.9 Å². The lowest BCUT2D eigenvalue weighted by Gasteiger charge is -2.01. The number of aromatic nitrogens is 1. The SMILES string of the molecule is O=C(Nc1ccc(I)cn1)c1cc(Br)c(Br)s1. The van der Waals surface area contributed by atoms with Crippen molar-refractivity contribution >= 4 is 77.5 Å². The summed E-state index contributed by atoms with van der Waals surface area (Å²) in [6, 6.07) is 5.44. The zero-order valence-corrected chi connectivity index (χ0v) is 14.4. The fraction of sp³-hybridized carbons (Fsp3) is 0. The molecule has 3 nitrogen and oxygen atoms in total. The number of amides is 1. The van der Waals surface area contributed by atoms with Crippen LogP contribution in [0.4, 0.5) is 5.82 Å². The zero-order chi connectivity index (χ0) is 12.4. The largest absolute Gasteiger partial charge is 0.306 e. The fourth-order valence-electron chi connectivity index (χ4n) is 1.09. The van der Waals surface area contributed by atoms with Crippen LogP contribution in [0.15, 0.2) is 32.7 Å². The van der Waals surface area contributed by atoms with Crippen LogP contribution in [0, 0.1) is 3.57 Å². The number of thiophene rings is 1. The third-order valence-corrected chi connectivity index (χ3v) is 5.73. The number of nitrogens with zero attached hydrogens (tertiary/aromatic N) is 1. The number of carbonyl (C=O) groups is 1. The van der Waals surface area contributed by atoms with Crippen LogP contribution in [0.1, 0.15) is 9.67 Å². The van der Waals surface area contributed by atoms with Crippen molar-refractivity contribution in [3.63, 3.8) is 0 Å². The summed E-state index contributed by atoms with van der Waals surface area (Å²) in [7, 11) is 0. The Morgan fingerprint density at radius 2 is 2.18 bits per heavy atom. The Morgan fingerprint density at radius 1 is 1.41 bits per heavy atom. The van der Waals surface area contributed by atoms with Gasteiger partial charge in [-0.1, -0.05) is 0 Å². The predicted octanol–water partition coefficient (Wildman–Crippen LogP) is 4.53. The minimum Gasteiger partial charge on any atom is -0.306 e. The molecular weight excluding hydrogens is 483 g/mol. The van der Waals surface area contributed by atoms with Crippen LogP contribution in [-0.2, 0) is 0 Å². The molecule has 2 rings (SSSR count). The van der Waals surface area contributed by atoms with Gasteiger partial charge in [-0.05, 0) is 72.6 Å². The van der Waals surface area contributed by atoms with Crippen molar-refractivity contribution in [2.75, 3.05) is 5.32 Å². The topological polar surface area (TPSA) is 42.0 Å². The van der Waals surface area contributed by atoms with E-state index in [4.69, 9.17) is 0 Å². The van der Waals surface area contributed by atoms with Crippen molar-refractivity contribution in [2.45, 2.75) is 0 Å². The summed E-state index contributed by atoms with van der Waals surface area (Å²) >= 11 is 10.2. The smallest absolute Gasteiger partial charge is 0.266 e. The zero-order valence-electron chi connectivity index (χ0n) is 8.21. The molecule has 0 aromatic carbocycles. The Bertz CT molecular complexity index is 536. The number of nitrogens with one attached hydrogen (secondary N) is 1. The molecule has 2 aromatic heterocycles. The number of pyridine rings is 1. The lowest BCUT2D eigenvalue weighted by molar-refractivity contribution is 0.103. The van der Waals surface area contributed by atoms with Gasteiger partial charge in [0.25, 0.3) is 5.91 Å². The van der Waals surface area contributed by atoms with Gasteiger partial charge in [-0.15, -0.1) is 11.3 Å². The molecule has 0 fully saturated rings. The van der Waals surface area contributed by atoms with Gasteiger partial charge in [0.1, 0.15) is 5.82 Å². The Kier molecular flexibility index (Phi) is 4.56. The molecule has 0 aliphatic heterocycles. The average molecular weight is 488 g/mol. The molecule has 1 amide bonds. The molecule has 0 saturated heterocycles. The van der Waals surface area contributed by atoms with Gasteiger partial charge in [0, 0.05) is 14.2 Å². The van der Waals surface area contributed by atoms with Crippen LogP contribution in [0.3, 0.4) is 0 Å². The van der Waals surface area contributed by atoms with Crippen molar-refractivity contribution in [3.8, 4) is 0 Å². The summed E-state index contributed by atoms with van der Waals surface area (Å²) in [4.78, 5) is 16.6. The molecule has 0 aliphatic rings. The van der Waals surface area contributed by atoms with Gasteiger partial charge in [-0.2, -0.15) is 0 Å². The van der Waals surface area contributed by atoms with E-state index in [-0.39, 0.29) is 5.91 Å². The van der Waals surface area contributed by atoms with Crippen LogP contribution in [0.2, 0.25) is 0 Å². The number of hydrogen-bond acceptors (Lipinski definition) is 3. The average Bonchev–Trinajstić information content (AvgIpc) is 2.63. The van der Waals surface area contributed by atoms with E-state index >= 15 is 0 Å². The van der Waals surface area contributed by atoms with E-state index in [0.29, 0.717) is 10.7 Å². The third-order valence-electron chi connectivity index (χ3n) is 1.84. The van der Waals surface area contributed by atoms with Gasteiger partial charge >= 0.3 is 0 Å². The van der Waals surface area contributed by atoms with Crippen LogP contribution < -0.4 is 5.32 Å². The lowest BCUT2D eigenvalue weighted by Crippen LogP contribution is -2.11. The summed E-state index contributed by atoms with van der Waals surface area (Å²) in [5, 5.41) is 2.74. The second-order valence-corrected chi connectivity index (χ2v) is 7.52. The molecule has 88 valence electrons. The Morgan fingerprint density at radius 3 is 2.71 bits per heavy atom. The highest BCUT2D eigenvalue weighted by Crippen LogP contribution is 2.32. The summed E-state index contributed by atoms with van der Waals surface area (Å²) in [6.07, 6.45) is 1.70. The highest BCUT2D eigenvalue weighted by Gasteiger charge is 2.12. The standard InChI is InChI=1S/C10H5Br2IN2OS/c11-6-3-7(17-9(6)12)10(16)15-8-2-1-5(13)4-14-8/h1-4H,(H,14,15,16). The van der Waals surface area contributed by atoms with E-state index in [2.05, 4.69) is 64.8 Å². The first kappa shape index (κ1) is 13.4. The minimum atomic E-state index is -0.157. The molecule has 0 radical (unpaired) electrons. The molecule has 7 heteroatoms. The highest BCUT2D eigenvalue weighted by atomic mass is 127. The van der Waals surface area contributed by atoms with Gasteiger partial charge in [0.2, 0.25) is 0 Å². The summed E-state index contributed by atoms with van der Waals surface area (Å²) in [5.74, 6) is 0.395. The number of carbonyl (C=O) groups excluding carboxylic acids is 1. The molecule has 17 heavy (non-hydrogen) atoms. The van der Waals surface area contributed by atoms with Gasteiger partial charge in [0.05, 0.1) is 8.66 Å². The van der Waals surface area contributed by atoms with Crippen molar-refractivity contribution in [1.82, 2.24) is 4.98 Å². The number of rotatable bonds is 2. The fourth-order valence-corrected chi connectivity index (χ4v) is 3.34.